The number of hydrogen-bond acceptors (Lipinski definition) is 5. The second-order valence-corrected chi connectivity index (χ2v) is 4.82. The van der Waals surface area contributed by atoms with Gasteiger partial charge in [0.05, 0.1) is 11.0 Å². The lowest BCUT2D eigenvalue weighted by molar-refractivity contribution is -0.384. The first-order valence-corrected chi connectivity index (χ1v) is 6.51. The van der Waals surface area contributed by atoms with Gasteiger partial charge in [-0.15, -0.1) is 0 Å². The van der Waals surface area contributed by atoms with Crippen LogP contribution in [0.3, 0.4) is 0 Å². The van der Waals surface area contributed by atoms with Crippen LogP contribution in [0.25, 0.3) is 0 Å². The van der Waals surface area contributed by atoms with Gasteiger partial charge in [0.15, 0.2) is 0 Å². The van der Waals surface area contributed by atoms with E-state index in [0.29, 0.717) is 25.3 Å². The van der Waals surface area contributed by atoms with E-state index in [1.807, 2.05) is 13.0 Å². The van der Waals surface area contributed by atoms with Crippen molar-refractivity contribution >= 4 is 11.4 Å². The minimum atomic E-state index is -0.374. The quantitative estimate of drug-likeness (QED) is 0.624. The monoisotopic (exact) mass is 265 g/mol. The fraction of sp³-hybridized carbons (Fsp3) is 0.538. The number of nitro groups is 1. The number of nitrogens with zero attached hydrogens (tertiary/aromatic N) is 2. The molecule has 1 aliphatic rings. The van der Waals surface area contributed by atoms with Crippen LogP contribution in [0.4, 0.5) is 11.4 Å². The average Bonchev–Trinajstić information content (AvgIpc) is 2.75. The normalized spacial score (nSPS) is 19.6. The molecule has 0 aliphatic carbocycles. The van der Waals surface area contributed by atoms with Gasteiger partial charge in [0.2, 0.25) is 0 Å². The molecule has 1 unspecified atom stereocenters. The topological polar surface area (TPSA) is 78.6 Å². The van der Waals surface area contributed by atoms with Gasteiger partial charge in [0.25, 0.3) is 5.69 Å². The van der Waals surface area contributed by atoms with Crippen LogP contribution in [0.2, 0.25) is 0 Å². The van der Waals surface area contributed by atoms with E-state index in [2.05, 4.69) is 10.2 Å². The molecule has 1 fully saturated rings. The number of anilines is 1. The van der Waals surface area contributed by atoms with Gasteiger partial charge >= 0.3 is 0 Å². The summed E-state index contributed by atoms with van der Waals surface area (Å²) in [5, 5.41) is 23.4. The number of benzene rings is 1. The summed E-state index contributed by atoms with van der Waals surface area (Å²) in [6.45, 7) is 4.82. The summed E-state index contributed by atoms with van der Waals surface area (Å²) in [5.74, 6) is 0. The molecule has 1 heterocycles. The van der Waals surface area contributed by atoms with Crippen molar-refractivity contribution in [1.29, 1.82) is 0 Å². The van der Waals surface area contributed by atoms with Crippen LogP contribution in [-0.4, -0.2) is 40.7 Å². The average molecular weight is 265 g/mol. The fourth-order valence-electron chi connectivity index (χ4n) is 2.39. The van der Waals surface area contributed by atoms with Crippen molar-refractivity contribution in [2.45, 2.75) is 26.0 Å². The van der Waals surface area contributed by atoms with E-state index in [-0.39, 0.29) is 16.7 Å². The molecule has 19 heavy (non-hydrogen) atoms. The zero-order valence-corrected chi connectivity index (χ0v) is 11.0. The number of rotatable bonds is 5. The standard InChI is InChI=1S/C13H19N3O3/c1-2-14-12-7-10(3-4-13(12)16(18)19)8-15-6-5-11(17)9-15/h3-4,7,11,14,17H,2,5-6,8-9H2,1H3. The molecule has 0 spiro atoms. The van der Waals surface area contributed by atoms with E-state index in [0.717, 1.165) is 18.5 Å². The molecule has 0 radical (unpaired) electrons. The minimum absolute atomic E-state index is 0.104. The highest BCUT2D eigenvalue weighted by molar-refractivity contribution is 5.62. The van der Waals surface area contributed by atoms with Gasteiger partial charge in [0.1, 0.15) is 5.69 Å². The van der Waals surface area contributed by atoms with E-state index < -0.39 is 0 Å². The number of aliphatic hydroxyl groups excluding tert-OH is 1. The highest BCUT2D eigenvalue weighted by Gasteiger charge is 2.21. The van der Waals surface area contributed by atoms with Gasteiger partial charge in [-0.1, -0.05) is 6.07 Å². The number of hydrogen-bond donors (Lipinski definition) is 2. The van der Waals surface area contributed by atoms with Crippen molar-refractivity contribution in [1.82, 2.24) is 4.90 Å². The van der Waals surface area contributed by atoms with Crippen LogP contribution in [0.1, 0.15) is 18.9 Å². The van der Waals surface area contributed by atoms with Gasteiger partial charge in [-0.25, -0.2) is 0 Å². The van der Waals surface area contributed by atoms with E-state index in [4.69, 9.17) is 0 Å². The molecule has 0 bridgehead atoms. The summed E-state index contributed by atoms with van der Waals surface area (Å²) < 4.78 is 0. The highest BCUT2D eigenvalue weighted by atomic mass is 16.6. The van der Waals surface area contributed by atoms with Gasteiger partial charge in [0, 0.05) is 32.2 Å². The van der Waals surface area contributed by atoms with Crippen LogP contribution >= 0.6 is 0 Å². The lowest BCUT2D eigenvalue weighted by atomic mass is 10.1. The SMILES string of the molecule is CCNc1cc(CN2CCC(O)C2)ccc1[N+](=O)[O-]. The zero-order valence-electron chi connectivity index (χ0n) is 11.0. The van der Waals surface area contributed by atoms with Gasteiger partial charge < -0.3 is 10.4 Å². The predicted molar refractivity (Wildman–Crippen MR) is 73.2 cm³/mol. The third-order valence-electron chi connectivity index (χ3n) is 3.28. The molecule has 0 saturated carbocycles. The molecule has 6 nitrogen and oxygen atoms in total. The summed E-state index contributed by atoms with van der Waals surface area (Å²) in [6, 6.07) is 5.15. The second kappa shape index (κ2) is 5.99. The minimum Gasteiger partial charge on any atom is -0.392 e. The van der Waals surface area contributed by atoms with E-state index in [1.165, 1.54) is 0 Å². The summed E-state index contributed by atoms with van der Waals surface area (Å²) in [4.78, 5) is 12.7. The van der Waals surface area contributed by atoms with Gasteiger partial charge in [-0.3, -0.25) is 15.0 Å². The molecule has 1 aliphatic heterocycles. The molecular formula is C13H19N3O3. The summed E-state index contributed by atoms with van der Waals surface area (Å²) in [7, 11) is 0. The Labute approximate surface area is 112 Å². The Morgan fingerprint density at radius 1 is 1.58 bits per heavy atom. The molecule has 104 valence electrons. The maximum atomic E-state index is 10.9. The molecule has 1 saturated heterocycles. The Hall–Kier alpha value is -1.66. The first kappa shape index (κ1) is 13.8. The summed E-state index contributed by atoms with van der Waals surface area (Å²) in [6.07, 6.45) is 0.554. The number of nitro benzene ring substituents is 1. The summed E-state index contributed by atoms with van der Waals surface area (Å²) in [5.41, 5.74) is 1.69. The van der Waals surface area contributed by atoms with Crippen molar-refractivity contribution in [3.63, 3.8) is 0 Å². The number of aliphatic hydroxyl groups is 1. The van der Waals surface area contributed by atoms with E-state index in [1.54, 1.807) is 12.1 Å². The molecule has 2 N–H and O–H groups in total. The Balaban J connectivity index is 2.13. The molecule has 1 aromatic rings. The lowest BCUT2D eigenvalue weighted by Gasteiger charge is -2.15. The number of likely N-dealkylation sites (tertiary alicyclic amines) is 1. The smallest absolute Gasteiger partial charge is 0.292 e. The van der Waals surface area contributed by atoms with Crippen LogP contribution < -0.4 is 5.32 Å². The van der Waals surface area contributed by atoms with E-state index >= 15 is 0 Å². The molecule has 0 amide bonds. The molecular weight excluding hydrogens is 246 g/mol. The zero-order chi connectivity index (χ0) is 13.8. The van der Waals surface area contributed by atoms with Crippen molar-refractivity contribution in [3.05, 3.63) is 33.9 Å². The Kier molecular flexibility index (Phi) is 4.34. The first-order chi connectivity index (χ1) is 9.10. The van der Waals surface area contributed by atoms with Crippen LogP contribution in [-0.2, 0) is 6.54 Å². The van der Waals surface area contributed by atoms with E-state index in [9.17, 15) is 15.2 Å². The molecule has 1 atom stereocenters. The van der Waals surface area contributed by atoms with Gasteiger partial charge in [-0.2, -0.15) is 0 Å². The molecule has 0 aromatic heterocycles. The maximum Gasteiger partial charge on any atom is 0.292 e. The Bertz CT molecular complexity index is 464. The second-order valence-electron chi connectivity index (χ2n) is 4.82. The third-order valence-corrected chi connectivity index (χ3v) is 3.28. The van der Waals surface area contributed by atoms with Crippen LogP contribution in [0, 0.1) is 10.1 Å². The van der Waals surface area contributed by atoms with Crippen molar-refractivity contribution in [2.24, 2.45) is 0 Å². The van der Waals surface area contributed by atoms with Crippen molar-refractivity contribution in [2.75, 3.05) is 25.0 Å². The van der Waals surface area contributed by atoms with Gasteiger partial charge in [-0.05, 0) is 25.0 Å². The van der Waals surface area contributed by atoms with Crippen molar-refractivity contribution in [3.8, 4) is 0 Å². The number of nitrogens with one attached hydrogen (secondary N) is 1. The Morgan fingerprint density at radius 3 is 2.95 bits per heavy atom. The lowest BCUT2D eigenvalue weighted by Crippen LogP contribution is -2.21. The van der Waals surface area contributed by atoms with Crippen LogP contribution in [0.5, 0.6) is 0 Å². The Morgan fingerprint density at radius 2 is 2.37 bits per heavy atom. The molecule has 2 rings (SSSR count). The first-order valence-electron chi connectivity index (χ1n) is 6.51. The predicted octanol–water partition coefficient (Wildman–Crippen LogP) is 1.59. The molecule has 1 aromatic carbocycles. The largest absolute Gasteiger partial charge is 0.392 e. The summed E-state index contributed by atoms with van der Waals surface area (Å²) >= 11 is 0. The van der Waals surface area contributed by atoms with Crippen molar-refractivity contribution < 1.29 is 10.0 Å². The number of β-amino-alcohol motifs (C(OH)–C–C–N with tert-alkyl or cyclic N) is 1. The maximum absolute atomic E-state index is 10.9. The third kappa shape index (κ3) is 3.42. The van der Waals surface area contributed by atoms with Crippen LogP contribution in [0.15, 0.2) is 18.2 Å². The fourth-order valence-corrected chi connectivity index (χ4v) is 2.39. The highest BCUT2D eigenvalue weighted by Crippen LogP contribution is 2.26. The molecule has 6 heteroatoms.